The molecule has 1 aliphatic heterocycles. The Morgan fingerprint density at radius 3 is 2.54 bits per heavy atom. The molecule has 2 amide bonds. The molecule has 1 saturated heterocycles. The zero-order valence-corrected chi connectivity index (χ0v) is 15.1. The summed E-state index contributed by atoms with van der Waals surface area (Å²) in [5.74, 6) is -5.80. The van der Waals surface area contributed by atoms with Gasteiger partial charge in [0.05, 0.1) is 5.41 Å². The second-order valence-corrected chi connectivity index (χ2v) is 7.64. The first kappa shape index (κ1) is 18.8. The third-order valence-corrected chi connectivity index (χ3v) is 5.79. The van der Waals surface area contributed by atoms with Gasteiger partial charge in [0.2, 0.25) is 5.91 Å². The van der Waals surface area contributed by atoms with Gasteiger partial charge in [0.25, 0.3) is 11.8 Å². The van der Waals surface area contributed by atoms with Crippen LogP contribution in [0.2, 0.25) is 0 Å². The average Bonchev–Trinajstić information content (AvgIpc) is 3.01. The van der Waals surface area contributed by atoms with Crippen molar-refractivity contribution in [2.45, 2.75) is 38.2 Å². The predicted octanol–water partition coefficient (Wildman–Crippen LogP) is 3.21. The SMILES string of the molecule is CC[C@H](NC(=O)c1cc2cc(F)c(F)cc2[nH]1)C(=O)N1CC[C@]2(C1)CC2(F)F. The van der Waals surface area contributed by atoms with Crippen LogP contribution >= 0.6 is 0 Å². The van der Waals surface area contributed by atoms with Crippen molar-refractivity contribution >= 4 is 22.7 Å². The highest BCUT2D eigenvalue weighted by atomic mass is 19.3. The monoisotopic (exact) mass is 397 g/mol. The molecule has 0 radical (unpaired) electrons. The number of benzene rings is 1. The zero-order valence-electron chi connectivity index (χ0n) is 15.1. The largest absolute Gasteiger partial charge is 0.350 e. The smallest absolute Gasteiger partial charge is 0.268 e. The highest BCUT2D eigenvalue weighted by Crippen LogP contribution is 2.65. The van der Waals surface area contributed by atoms with Crippen molar-refractivity contribution in [3.05, 3.63) is 35.5 Å². The van der Waals surface area contributed by atoms with Gasteiger partial charge in [-0.25, -0.2) is 17.6 Å². The molecular weight excluding hydrogens is 378 g/mol. The molecule has 1 aromatic heterocycles. The summed E-state index contributed by atoms with van der Waals surface area (Å²) in [6, 6.07) is 2.42. The summed E-state index contributed by atoms with van der Waals surface area (Å²) in [5.41, 5.74) is -0.797. The van der Waals surface area contributed by atoms with Crippen LogP contribution in [-0.2, 0) is 4.79 Å². The summed E-state index contributed by atoms with van der Waals surface area (Å²) >= 11 is 0. The van der Waals surface area contributed by atoms with E-state index in [9.17, 15) is 27.2 Å². The van der Waals surface area contributed by atoms with Gasteiger partial charge in [-0.15, -0.1) is 0 Å². The maximum atomic E-state index is 13.5. The van der Waals surface area contributed by atoms with E-state index in [1.54, 1.807) is 6.92 Å². The quantitative estimate of drug-likeness (QED) is 0.779. The van der Waals surface area contributed by atoms with E-state index in [-0.39, 0.29) is 43.6 Å². The number of nitrogens with zero attached hydrogens (tertiary/aromatic N) is 1. The first-order valence-electron chi connectivity index (χ1n) is 9.11. The maximum Gasteiger partial charge on any atom is 0.268 e. The molecule has 2 aromatic rings. The number of aromatic amines is 1. The van der Waals surface area contributed by atoms with Crippen LogP contribution < -0.4 is 5.32 Å². The van der Waals surface area contributed by atoms with E-state index in [1.165, 1.54) is 11.0 Å². The topological polar surface area (TPSA) is 65.2 Å². The Labute approximate surface area is 158 Å². The number of nitrogens with one attached hydrogen (secondary N) is 2. The summed E-state index contributed by atoms with van der Waals surface area (Å²) in [6.07, 6.45) is 0.346. The van der Waals surface area contributed by atoms with Crippen LogP contribution in [0.25, 0.3) is 10.9 Å². The van der Waals surface area contributed by atoms with Crippen LogP contribution in [0.4, 0.5) is 17.6 Å². The fraction of sp³-hybridized carbons (Fsp3) is 0.474. The number of aromatic nitrogens is 1. The molecule has 1 spiro atoms. The lowest BCUT2D eigenvalue weighted by Crippen LogP contribution is -2.47. The standard InChI is InChI=1S/C19H19F4N3O2/c1-2-13(17(28)26-4-3-18(9-26)8-19(18,22)23)25-16(27)15-6-10-5-11(20)12(21)7-14(10)24-15/h5-7,13,24H,2-4,8-9H2,1H3,(H,25,27)/t13-,18+/m0/s1. The molecule has 9 heteroatoms. The first-order valence-corrected chi connectivity index (χ1v) is 9.11. The van der Waals surface area contributed by atoms with E-state index >= 15 is 0 Å². The average molecular weight is 397 g/mol. The van der Waals surface area contributed by atoms with Crippen molar-refractivity contribution in [2.24, 2.45) is 5.41 Å². The third kappa shape index (κ3) is 2.93. The number of carbonyl (C=O) groups excluding carboxylic acids is 2. The van der Waals surface area contributed by atoms with E-state index in [0.29, 0.717) is 5.39 Å². The molecule has 2 heterocycles. The summed E-state index contributed by atoms with van der Waals surface area (Å²) in [5, 5.41) is 2.90. The van der Waals surface area contributed by atoms with Crippen LogP contribution in [0.1, 0.15) is 36.7 Å². The number of fused-ring (bicyclic) bond motifs is 1. The molecule has 2 aliphatic rings. The zero-order chi connectivity index (χ0) is 20.3. The Bertz CT molecular complexity index is 934. The van der Waals surface area contributed by atoms with Gasteiger partial charge in [0, 0.05) is 36.5 Å². The minimum absolute atomic E-state index is 0.00382. The van der Waals surface area contributed by atoms with Crippen LogP contribution in [0.5, 0.6) is 0 Å². The van der Waals surface area contributed by atoms with Crippen LogP contribution in [-0.4, -0.2) is 46.8 Å². The van der Waals surface area contributed by atoms with E-state index in [4.69, 9.17) is 0 Å². The van der Waals surface area contributed by atoms with Gasteiger partial charge >= 0.3 is 0 Å². The lowest BCUT2D eigenvalue weighted by Gasteiger charge is -2.23. The van der Waals surface area contributed by atoms with Crippen molar-refractivity contribution in [3.8, 4) is 0 Å². The van der Waals surface area contributed by atoms with Crippen molar-refractivity contribution in [2.75, 3.05) is 13.1 Å². The number of H-pyrrole nitrogens is 1. The summed E-state index contributed by atoms with van der Waals surface area (Å²) < 4.78 is 53.7. The molecule has 150 valence electrons. The normalized spacial score (nSPS) is 24.0. The van der Waals surface area contributed by atoms with Crippen LogP contribution in [0.3, 0.4) is 0 Å². The molecule has 2 atom stereocenters. The Kier molecular flexibility index (Phi) is 4.17. The molecule has 28 heavy (non-hydrogen) atoms. The molecule has 4 rings (SSSR count). The van der Waals surface area contributed by atoms with Crippen molar-refractivity contribution in [1.29, 1.82) is 0 Å². The number of carbonyl (C=O) groups is 2. The third-order valence-electron chi connectivity index (χ3n) is 5.79. The predicted molar refractivity (Wildman–Crippen MR) is 93.0 cm³/mol. The van der Waals surface area contributed by atoms with Crippen LogP contribution in [0, 0.1) is 17.0 Å². The number of halogens is 4. The maximum absolute atomic E-state index is 13.5. The first-order chi connectivity index (χ1) is 13.2. The Morgan fingerprint density at radius 1 is 1.25 bits per heavy atom. The van der Waals surface area contributed by atoms with Gasteiger partial charge in [0.15, 0.2) is 11.6 Å². The fourth-order valence-electron chi connectivity index (χ4n) is 3.93. The van der Waals surface area contributed by atoms with E-state index in [0.717, 1.165) is 12.1 Å². The van der Waals surface area contributed by atoms with Crippen LogP contribution in [0.15, 0.2) is 18.2 Å². The molecule has 1 aromatic carbocycles. The van der Waals surface area contributed by atoms with E-state index in [2.05, 4.69) is 10.3 Å². The van der Waals surface area contributed by atoms with E-state index in [1.807, 2.05) is 0 Å². The summed E-state index contributed by atoms with van der Waals surface area (Å²) in [7, 11) is 0. The van der Waals surface area contributed by atoms with Crippen molar-refractivity contribution in [1.82, 2.24) is 15.2 Å². The van der Waals surface area contributed by atoms with Gasteiger partial charge in [-0.3, -0.25) is 9.59 Å². The highest BCUT2D eigenvalue weighted by Gasteiger charge is 2.73. The molecule has 1 aliphatic carbocycles. The Balaban J connectivity index is 1.46. The molecule has 2 fully saturated rings. The van der Waals surface area contributed by atoms with Gasteiger partial charge in [-0.05, 0) is 25.0 Å². The number of alkyl halides is 2. The molecule has 0 bridgehead atoms. The summed E-state index contributed by atoms with van der Waals surface area (Å²) in [4.78, 5) is 29.3. The van der Waals surface area contributed by atoms with Gasteiger partial charge in [0.1, 0.15) is 11.7 Å². The molecule has 5 nitrogen and oxygen atoms in total. The number of hydrogen-bond donors (Lipinski definition) is 2. The molecular formula is C19H19F4N3O2. The number of amides is 2. The highest BCUT2D eigenvalue weighted by molar-refractivity contribution is 6.00. The minimum atomic E-state index is -2.72. The van der Waals surface area contributed by atoms with Crippen molar-refractivity contribution in [3.63, 3.8) is 0 Å². The second kappa shape index (κ2) is 6.22. The molecule has 2 N–H and O–H groups in total. The lowest BCUT2D eigenvalue weighted by molar-refractivity contribution is -0.132. The Morgan fingerprint density at radius 2 is 1.93 bits per heavy atom. The molecule has 0 unspecified atom stereocenters. The van der Waals surface area contributed by atoms with Gasteiger partial charge in [-0.2, -0.15) is 0 Å². The van der Waals surface area contributed by atoms with Crippen molar-refractivity contribution < 1.29 is 27.2 Å². The lowest BCUT2D eigenvalue weighted by atomic mass is 10.1. The summed E-state index contributed by atoms with van der Waals surface area (Å²) in [6.45, 7) is 1.94. The fourth-order valence-corrected chi connectivity index (χ4v) is 3.93. The second-order valence-electron chi connectivity index (χ2n) is 7.64. The number of likely N-dealkylation sites (tertiary alicyclic amines) is 1. The molecule has 1 saturated carbocycles. The number of rotatable bonds is 4. The van der Waals surface area contributed by atoms with Gasteiger partial charge < -0.3 is 15.2 Å². The van der Waals surface area contributed by atoms with E-state index < -0.39 is 40.8 Å². The van der Waals surface area contributed by atoms with Gasteiger partial charge in [-0.1, -0.05) is 6.92 Å². The Hall–Kier alpha value is -2.58. The minimum Gasteiger partial charge on any atom is -0.350 e. The number of hydrogen-bond acceptors (Lipinski definition) is 2.